The van der Waals surface area contributed by atoms with E-state index in [1.807, 2.05) is 4.90 Å². The lowest BCUT2D eigenvalue weighted by Gasteiger charge is -2.29. The first-order valence-electron chi connectivity index (χ1n) is 9.24. The van der Waals surface area contributed by atoms with Crippen molar-refractivity contribution in [1.29, 1.82) is 0 Å². The average molecular weight is 429 g/mol. The van der Waals surface area contributed by atoms with Crippen LogP contribution in [0.15, 0.2) is 47.6 Å². The maximum atomic E-state index is 12.0. The van der Waals surface area contributed by atoms with Crippen LogP contribution in [0, 0.1) is 20.2 Å². The van der Waals surface area contributed by atoms with Crippen molar-refractivity contribution in [1.82, 2.24) is 5.43 Å². The third-order valence-electron chi connectivity index (χ3n) is 4.38. The number of hydrazone groups is 1. The summed E-state index contributed by atoms with van der Waals surface area (Å²) < 4.78 is 10.6. The minimum atomic E-state index is -0.562. The van der Waals surface area contributed by atoms with Crippen LogP contribution in [0.25, 0.3) is 0 Å². The van der Waals surface area contributed by atoms with Crippen molar-refractivity contribution in [3.63, 3.8) is 0 Å². The Morgan fingerprint density at radius 3 is 2.39 bits per heavy atom. The van der Waals surface area contributed by atoms with Gasteiger partial charge in [-0.25, -0.2) is 5.43 Å². The number of amides is 1. The smallest absolute Gasteiger partial charge is 0.277 e. The van der Waals surface area contributed by atoms with Gasteiger partial charge in [-0.1, -0.05) is 0 Å². The van der Waals surface area contributed by atoms with E-state index in [0.29, 0.717) is 31.9 Å². The Bertz CT molecular complexity index is 988. The highest BCUT2D eigenvalue weighted by Crippen LogP contribution is 2.25. The third-order valence-corrected chi connectivity index (χ3v) is 4.38. The minimum Gasteiger partial charge on any atom is -0.484 e. The summed E-state index contributed by atoms with van der Waals surface area (Å²) in [5.74, 6) is -0.272. The van der Waals surface area contributed by atoms with Gasteiger partial charge in [-0.3, -0.25) is 25.0 Å². The van der Waals surface area contributed by atoms with Gasteiger partial charge in [0.05, 0.1) is 29.3 Å². The molecule has 0 aliphatic carbocycles. The highest BCUT2D eigenvalue weighted by Gasteiger charge is 2.17. The molecule has 3 rings (SSSR count). The van der Waals surface area contributed by atoms with E-state index in [0.717, 1.165) is 5.69 Å². The third kappa shape index (κ3) is 5.96. The zero-order valence-electron chi connectivity index (χ0n) is 16.3. The number of morpholine rings is 1. The van der Waals surface area contributed by atoms with E-state index in [1.165, 1.54) is 42.6 Å². The molecule has 1 aliphatic rings. The molecule has 0 bridgehead atoms. The first kappa shape index (κ1) is 21.6. The second-order valence-electron chi connectivity index (χ2n) is 6.43. The largest absolute Gasteiger partial charge is 0.484 e. The summed E-state index contributed by atoms with van der Waals surface area (Å²) >= 11 is 0. The number of ether oxygens (including phenoxy) is 2. The molecule has 0 saturated carbocycles. The molecule has 0 radical (unpaired) electrons. The van der Waals surface area contributed by atoms with E-state index in [-0.39, 0.29) is 23.7 Å². The number of nitro benzene ring substituents is 2. The van der Waals surface area contributed by atoms with Crippen LogP contribution in [0.4, 0.5) is 17.1 Å². The van der Waals surface area contributed by atoms with Gasteiger partial charge in [0, 0.05) is 48.6 Å². The van der Waals surface area contributed by atoms with Gasteiger partial charge in [-0.05, 0) is 18.2 Å². The fraction of sp³-hybridized carbons (Fsp3) is 0.263. The Kier molecular flexibility index (Phi) is 7.06. The van der Waals surface area contributed by atoms with Crippen LogP contribution in [0.3, 0.4) is 0 Å². The number of rotatable bonds is 8. The highest BCUT2D eigenvalue weighted by atomic mass is 16.6. The zero-order chi connectivity index (χ0) is 22.2. The fourth-order valence-electron chi connectivity index (χ4n) is 2.87. The lowest BCUT2D eigenvalue weighted by atomic mass is 10.1. The molecular weight excluding hydrogens is 410 g/mol. The summed E-state index contributed by atoms with van der Waals surface area (Å²) in [7, 11) is 0. The monoisotopic (exact) mass is 429 g/mol. The average Bonchev–Trinajstić information content (AvgIpc) is 2.78. The number of non-ortho nitro benzene ring substituents is 2. The van der Waals surface area contributed by atoms with Gasteiger partial charge in [0.1, 0.15) is 5.75 Å². The van der Waals surface area contributed by atoms with E-state index < -0.39 is 15.8 Å². The molecule has 2 aromatic rings. The van der Waals surface area contributed by atoms with Crippen molar-refractivity contribution in [2.45, 2.75) is 0 Å². The number of carbonyl (C=O) groups excluding carboxylic acids is 1. The predicted octanol–water partition coefficient (Wildman–Crippen LogP) is 1.87. The van der Waals surface area contributed by atoms with Crippen LogP contribution in [0.5, 0.6) is 5.75 Å². The van der Waals surface area contributed by atoms with Crippen molar-refractivity contribution in [3.05, 3.63) is 68.3 Å². The molecule has 12 heteroatoms. The van der Waals surface area contributed by atoms with Gasteiger partial charge in [0.15, 0.2) is 6.61 Å². The van der Waals surface area contributed by atoms with Gasteiger partial charge in [-0.2, -0.15) is 5.10 Å². The Balaban J connectivity index is 1.62. The van der Waals surface area contributed by atoms with Gasteiger partial charge in [-0.15, -0.1) is 0 Å². The SMILES string of the molecule is O=C(COc1ccc([N+](=O)[O-])cc1)N/N=C/c1cc([N+](=O)[O-])ccc1N1CCOCC1. The highest BCUT2D eigenvalue weighted by molar-refractivity contribution is 5.90. The first-order chi connectivity index (χ1) is 14.9. The number of benzene rings is 2. The molecule has 0 aromatic heterocycles. The van der Waals surface area contributed by atoms with Crippen molar-refractivity contribution < 1.29 is 24.1 Å². The Morgan fingerprint density at radius 1 is 1.10 bits per heavy atom. The zero-order valence-corrected chi connectivity index (χ0v) is 16.3. The van der Waals surface area contributed by atoms with Crippen molar-refractivity contribution in [2.24, 2.45) is 5.10 Å². The molecule has 1 N–H and O–H groups in total. The van der Waals surface area contributed by atoms with E-state index >= 15 is 0 Å². The van der Waals surface area contributed by atoms with E-state index in [4.69, 9.17) is 9.47 Å². The molecule has 0 spiro atoms. The maximum Gasteiger partial charge on any atom is 0.277 e. The number of hydrogen-bond acceptors (Lipinski definition) is 9. The van der Waals surface area contributed by atoms with Crippen LogP contribution in [0.2, 0.25) is 0 Å². The molecule has 0 atom stereocenters. The van der Waals surface area contributed by atoms with Gasteiger partial charge in [0.2, 0.25) is 0 Å². The number of carbonyl (C=O) groups is 1. The Hall–Kier alpha value is -4.06. The fourth-order valence-corrected chi connectivity index (χ4v) is 2.87. The number of anilines is 1. The molecule has 1 amide bonds. The van der Waals surface area contributed by atoms with Crippen LogP contribution in [-0.2, 0) is 9.53 Å². The van der Waals surface area contributed by atoms with Crippen LogP contribution in [0.1, 0.15) is 5.56 Å². The van der Waals surface area contributed by atoms with Crippen molar-refractivity contribution >= 4 is 29.2 Å². The number of nitrogens with one attached hydrogen (secondary N) is 1. The summed E-state index contributed by atoms with van der Waals surface area (Å²) in [6, 6.07) is 9.73. The number of hydrogen-bond donors (Lipinski definition) is 1. The second-order valence-corrected chi connectivity index (χ2v) is 6.43. The van der Waals surface area contributed by atoms with E-state index in [1.54, 1.807) is 6.07 Å². The van der Waals surface area contributed by atoms with Crippen molar-refractivity contribution in [2.75, 3.05) is 37.8 Å². The summed E-state index contributed by atoms with van der Waals surface area (Å²) in [6.07, 6.45) is 1.33. The molecule has 0 unspecified atom stereocenters. The van der Waals surface area contributed by atoms with Gasteiger partial charge in [0.25, 0.3) is 17.3 Å². The molecule has 1 aliphatic heterocycles. The Labute approximate surface area is 176 Å². The quantitative estimate of drug-likeness (QED) is 0.380. The minimum absolute atomic E-state index is 0.0885. The standard InChI is InChI=1S/C19H19N5O7/c25-19(13-31-17-4-1-15(2-5-17)23(26)27)21-20-12-14-11-16(24(28)29)3-6-18(14)22-7-9-30-10-8-22/h1-6,11-12H,7-10,13H2,(H,21,25)/b20-12+. The molecule has 1 fully saturated rings. The van der Waals surface area contributed by atoms with Crippen molar-refractivity contribution in [3.8, 4) is 5.75 Å². The summed E-state index contributed by atoms with van der Waals surface area (Å²) in [5.41, 5.74) is 3.34. The lowest BCUT2D eigenvalue weighted by Crippen LogP contribution is -2.36. The predicted molar refractivity (Wildman–Crippen MR) is 110 cm³/mol. The first-order valence-corrected chi connectivity index (χ1v) is 9.24. The molecule has 31 heavy (non-hydrogen) atoms. The van der Waals surface area contributed by atoms with Gasteiger partial charge >= 0.3 is 0 Å². The summed E-state index contributed by atoms with van der Waals surface area (Å²) in [5, 5.41) is 25.6. The second kappa shape index (κ2) is 10.1. The number of nitrogens with zero attached hydrogens (tertiary/aromatic N) is 4. The van der Waals surface area contributed by atoms with Crippen LogP contribution < -0.4 is 15.1 Å². The van der Waals surface area contributed by atoms with E-state index in [9.17, 15) is 25.0 Å². The topological polar surface area (TPSA) is 149 Å². The number of nitro groups is 2. The Morgan fingerprint density at radius 2 is 1.74 bits per heavy atom. The maximum absolute atomic E-state index is 12.0. The normalized spacial score (nSPS) is 13.7. The van der Waals surface area contributed by atoms with E-state index in [2.05, 4.69) is 10.5 Å². The molecule has 1 saturated heterocycles. The van der Waals surface area contributed by atoms with Crippen LogP contribution in [-0.4, -0.2) is 54.9 Å². The molecular formula is C19H19N5O7. The molecule has 1 heterocycles. The van der Waals surface area contributed by atoms with Crippen LogP contribution >= 0.6 is 0 Å². The van der Waals surface area contributed by atoms with Gasteiger partial charge < -0.3 is 14.4 Å². The summed E-state index contributed by atoms with van der Waals surface area (Å²) in [4.78, 5) is 34.7. The molecule has 162 valence electrons. The summed E-state index contributed by atoms with van der Waals surface area (Å²) in [6.45, 7) is 2.00. The molecule has 12 nitrogen and oxygen atoms in total. The molecule has 2 aromatic carbocycles. The lowest BCUT2D eigenvalue weighted by molar-refractivity contribution is -0.385.